The van der Waals surface area contributed by atoms with Crippen LogP contribution in [0.4, 0.5) is 0 Å². The van der Waals surface area contributed by atoms with Crippen LogP contribution in [-0.2, 0) is 17.9 Å². The molecule has 5 heteroatoms. The molecule has 5 nitrogen and oxygen atoms in total. The minimum Gasteiger partial charge on any atom is -0.345 e. The van der Waals surface area contributed by atoms with E-state index in [1.165, 1.54) is 5.52 Å². The number of fused-ring (bicyclic) bond motifs is 1. The average molecular weight is 357 g/mol. The van der Waals surface area contributed by atoms with Gasteiger partial charge in [-0.1, -0.05) is 25.5 Å². The lowest BCUT2D eigenvalue weighted by atomic mass is 9.96. The fourth-order valence-corrected chi connectivity index (χ4v) is 4.02. The minimum absolute atomic E-state index is 0.130. The predicted octanol–water partition coefficient (Wildman–Crippen LogP) is 3.53. The van der Waals surface area contributed by atoms with Crippen molar-refractivity contribution in [3.63, 3.8) is 0 Å². The zero-order chi connectivity index (χ0) is 18.5. The number of rotatable bonds is 7. The average Bonchev–Trinajstić information content (AvgIpc) is 3.02. The normalized spacial score (nSPS) is 18.3. The van der Waals surface area contributed by atoms with Crippen LogP contribution in [0, 0.1) is 5.92 Å². The van der Waals surface area contributed by atoms with E-state index >= 15 is 0 Å². The summed E-state index contributed by atoms with van der Waals surface area (Å²) in [5, 5.41) is 0. The van der Waals surface area contributed by atoms with Crippen molar-refractivity contribution in [3.8, 4) is 0 Å². The van der Waals surface area contributed by atoms with Gasteiger partial charge in [-0.2, -0.15) is 0 Å². The third-order valence-corrected chi connectivity index (χ3v) is 5.49. The summed E-state index contributed by atoms with van der Waals surface area (Å²) in [7, 11) is 1.95. The van der Waals surface area contributed by atoms with Crippen LogP contribution >= 0.6 is 0 Å². The summed E-state index contributed by atoms with van der Waals surface area (Å²) >= 11 is 0. The van der Waals surface area contributed by atoms with E-state index in [-0.39, 0.29) is 5.92 Å². The fourth-order valence-electron chi connectivity index (χ4n) is 4.02. The third-order valence-electron chi connectivity index (χ3n) is 5.49. The number of carbonyl (C=O) groups is 1. The van der Waals surface area contributed by atoms with Gasteiger partial charge < -0.3 is 9.47 Å². The number of unbranched alkanes of at least 4 members (excludes halogenated alkanes) is 1. The van der Waals surface area contributed by atoms with Crippen molar-refractivity contribution in [2.75, 3.05) is 26.7 Å². The molecule has 0 saturated carbocycles. The molecule has 142 valence electrons. The second kappa shape index (κ2) is 8.67. The highest BCUT2D eigenvalue weighted by Crippen LogP contribution is 2.22. The summed E-state index contributed by atoms with van der Waals surface area (Å²) in [6, 6.07) is 8.33. The van der Waals surface area contributed by atoms with Crippen LogP contribution in [0.15, 0.2) is 24.3 Å². The molecule has 1 aromatic carbocycles. The summed E-state index contributed by atoms with van der Waals surface area (Å²) in [6.45, 7) is 8.86. The molecule has 2 aromatic rings. The number of hydrogen-bond donors (Lipinski definition) is 0. The van der Waals surface area contributed by atoms with Crippen molar-refractivity contribution in [1.29, 1.82) is 0 Å². The van der Waals surface area contributed by atoms with Gasteiger partial charge in [-0.3, -0.25) is 9.69 Å². The maximum Gasteiger partial charge on any atom is 0.226 e. The van der Waals surface area contributed by atoms with E-state index < -0.39 is 0 Å². The van der Waals surface area contributed by atoms with Gasteiger partial charge in [0.1, 0.15) is 5.82 Å². The number of amides is 1. The van der Waals surface area contributed by atoms with Crippen molar-refractivity contribution in [2.45, 2.75) is 52.6 Å². The summed E-state index contributed by atoms with van der Waals surface area (Å²) in [4.78, 5) is 21.9. The van der Waals surface area contributed by atoms with E-state index in [1.54, 1.807) is 0 Å². The van der Waals surface area contributed by atoms with E-state index in [0.29, 0.717) is 5.91 Å². The predicted molar refractivity (Wildman–Crippen MR) is 106 cm³/mol. The van der Waals surface area contributed by atoms with Gasteiger partial charge in [0.05, 0.1) is 23.5 Å². The van der Waals surface area contributed by atoms with Crippen LogP contribution < -0.4 is 0 Å². The number of hydrogen-bond acceptors (Lipinski definition) is 3. The molecule has 26 heavy (non-hydrogen) atoms. The first-order valence-corrected chi connectivity index (χ1v) is 10.1. The van der Waals surface area contributed by atoms with Crippen molar-refractivity contribution < 1.29 is 4.79 Å². The number of aryl methyl sites for hydroxylation is 1. The van der Waals surface area contributed by atoms with E-state index in [4.69, 9.17) is 4.98 Å². The molecule has 1 aliphatic heterocycles. The first-order valence-electron chi connectivity index (χ1n) is 10.1. The minimum atomic E-state index is 0.130. The molecule has 0 unspecified atom stereocenters. The van der Waals surface area contributed by atoms with Crippen LogP contribution in [0.25, 0.3) is 11.0 Å². The fraction of sp³-hybridized carbons (Fsp3) is 0.619. The maximum atomic E-state index is 12.7. The lowest BCUT2D eigenvalue weighted by Gasteiger charge is -2.33. The lowest BCUT2D eigenvalue weighted by Crippen LogP contribution is -2.43. The summed E-state index contributed by atoms with van der Waals surface area (Å²) in [5.41, 5.74) is 2.27. The molecule has 0 bridgehead atoms. The first-order chi connectivity index (χ1) is 12.6. The Morgan fingerprint density at radius 3 is 2.88 bits per heavy atom. The van der Waals surface area contributed by atoms with Crippen LogP contribution in [-0.4, -0.2) is 51.9 Å². The largest absolute Gasteiger partial charge is 0.345 e. The molecule has 1 aliphatic rings. The second-order valence-electron chi connectivity index (χ2n) is 7.45. The smallest absolute Gasteiger partial charge is 0.226 e. The van der Waals surface area contributed by atoms with Crippen molar-refractivity contribution >= 4 is 16.9 Å². The Morgan fingerprint density at radius 2 is 2.12 bits per heavy atom. The van der Waals surface area contributed by atoms with Crippen molar-refractivity contribution in [2.24, 2.45) is 5.92 Å². The van der Waals surface area contributed by atoms with E-state index in [2.05, 4.69) is 41.5 Å². The van der Waals surface area contributed by atoms with Crippen molar-refractivity contribution in [3.05, 3.63) is 30.1 Å². The molecule has 1 fully saturated rings. The Bertz CT molecular complexity index is 739. The van der Waals surface area contributed by atoms with Gasteiger partial charge in [0, 0.05) is 26.7 Å². The van der Waals surface area contributed by atoms with Gasteiger partial charge in [-0.05, 0) is 44.9 Å². The summed E-state index contributed by atoms with van der Waals surface area (Å²) in [5.74, 6) is 1.55. The SMILES string of the molecule is CCCCN(C)C(=O)[C@@H]1CCCN(Cc2nc3ccccc3n2CC)C1. The first kappa shape index (κ1) is 18.9. The highest BCUT2D eigenvalue weighted by Gasteiger charge is 2.28. The number of para-hydroxylation sites is 2. The van der Waals surface area contributed by atoms with E-state index in [9.17, 15) is 4.79 Å². The Balaban J connectivity index is 1.68. The van der Waals surface area contributed by atoms with E-state index in [0.717, 1.165) is 69.7 Å². The number of nitrogens with zero attached hydrogens (tertiary/aromatic N) is 4. The molecule has 1 amide bonds. The van der Waals surface area contributed by atoms with Gasteiger partial charge in [0.15, 0.2) is 0 Å². The van der Waals surface area contributed by atoms with Gasteiger partial charge in [0.25, 0.3) is 0 Å². The molecule has 2 heterocycles. The van der Waals surface area contributed by atoms with Crippen LogP contribution in [0.2, 0.25) is 0 Å². The Kier molecular flexibility index (Phi) is 6.30. The summed E-state index contributed by atoms with van der Waals surface area (Å²) in [6.07, 6.45) is 4.31. The molecule has 0 radical (unpaired) electrons. The lowest BCUT2D eigenvalue weighted by molar-refractivity contribution is -0.136. The molecule has 0 aliphatic carbocycles. The van der Waals surface area contributed by atoms with Gasteiger partial charge in [-0.15, -0.1) is 0 Å². The third kappa shape index (κ3) is 4.09. The number of benzene rings is 1. The highest BCUT2D eigenvalue weighted by molar-refractivity contribution is 5.79. The van der Waals surface area contributed by atoms with Crippen LogP contribution in [0.5, 0.6) is 0 Å². The van der Waals surface area contributed by atoms with Gasteiger partial charge >= 0.3 is 0 Å². The molecule has 1 atom stereocenters. The second-order valence-corrected chi connectivity index (χ2v) is 7.45. The van der Waals surface area contributed by atoms with Gasteiger partial charge in [0.2, 0.25) is 5.91 Å². The summed E-state index contributed by atoms with van der Waals surface area (Å²) < 4.78 is 2.30. The van der Waals surface area contributed by atoms with Crippen LogP contribution in [0.3, 0.4) is 0 Å². The zero-order valence-electron chi connectivity index (χ0n) is 16.4. The topological polar surface area (TPSA) is 41.4 Å². The van der Waals surface area contributed by atoms with E-state index in [1.807, 2.05) is 18.0 Å². The molecular weight excluding hydrogens is 324 g/mol. The number of likely N-dealkylation sites (tertiary alicyclic amines) is 1. The molecular formula is C21H32N4O. The number of piperidine rings is 1. The standard InChI is InChI=1S/C21H32N4O/c1-4-6-13-23(3)21(26)17-10-9-14-24(15-17)16-20-22-18-11-7-8-12-19(18)25(20)5-2/h7-8,11-12,17H,4-6,9-10,13-16H2,1-3H3/t17-/m1/s1. The molecule has 0 N–H and O–H groups in total. The molecule has 1 aromatic heterocycles. The van der Waals surface area contributed by atoms with Crippen LogP contribution in [0.1, 0.15) is 45.4 Å². The monoisotopic (exact) mass is 356 g/mol. The Labute approximate surface area is 157 Å². The zero-order valence-corrected chi connectivity index (χ0v) is 16.4. The Morgan fingerprint density at radius 1 is 1.31 bits per heavy atom. The highest BCUT2D eigenvalue weighted by atomic mass is 16.2. The maximum absolute atomic E-state index is 12.7. The molecule has 3 rings (SSSR count). The Hall–Kier alpha value is -1.88. The molecule has 0 spiro atoms. The quantitative estimate of drug-likeness (QED) is 0.762. The number of imidazole rings is 1. The van der Waals surface area contributed by atoms with Crippen molar-refractivity contribution in [1.82, 2.24) is 19.4 Å². The van der Waals surface area contributed by atoms with Gasteiger partial charge in [-0.25, -0.2) is 4.98 Å². The number of carbonyl (C=O) groups excluding carboxylic acids is 1. The molecule has 1 saturated heterocycles. The number of aromatic nitrogens is 2.